The van der Waals surface area contributed by atoms with E-state index in [0.29, 0.717) is 0 Å². The van der Waals surface area contributed by atoms with E-state index < -0.39 is 0 Å². The van der Waals surface area contributed by atoms with E-state index >= 15 is 0 Å². The standard InChI is InChI=1S/C13H28N2O/c1-12(2,3)15-10-13(4,5)9-14(6)7-11(15)8-16/h11,16H,7-10H2,1-6H3. The molecule has 1 rings (SSSR count). The molecule has 16 heavy (non-hydrogen) atoms. The van der Waals surface area contributed by atoms with Crippen molar-refractivity contribution in [1.82, 2.24) is 9.80 Å². The van der Waals surface area contributed by atoms with E-state index in [-0.39, 0.29) is 23.6 Å². The molecule has 0 aromatic rings. The minimum Gasteiger partial charge on any atom is -0.395 e. The second kappa shape index (κ2) is 4.63. The zero-order valence-electron chi connectivity index (χ0n) is 11.7. The Morgan fingerprint density at radius 1 is 1.25 bits per heavy atom. The van der Waals surface area contributed by atoms with Crippen molar-refractivity contribution in [3.63, 3.8) is 0 Å². The Hall–Kier alpha value is -0.120. The molecule has 96 valence electrons. The molecule has 1 N–H and O–H groups in total. The summed E-state index contributed by atoms with van der Waals surface area (Å²) >= 11 is 0. The Bertz CT molecular complexity index is 233. The van der Waals surface area contributed by atoms with Crippen molar-refractivity contribution >= 4 is 0 Å². The van der Waals surface area contributed by atoms with Crippen LogP contribution >= 0.6 is 0 Å². The van der Waals surface area contributed by atoms with Crippen LogP contribution in [0.15, 0.2) is 0 Å². The molecule has 3 nitrogen and oxygen atoms in total. The molecule has 0 bridgehead atoms. The summed E-state index contributed by atoms with van der Waals surface area (Å²) in [5, 5.41) is 9.57. The zero-order chi connectivity index (χ0) is 12.6. The first-order valence-electron chi connectivity index (χ1n) is 6.22. The van der Waals surface area contributed by atoms with Crippen molar-refractivity contribution in [2.24, 2.45) is 5.41 Å². The van der Waals surface area contributed by atoms with Gasteiger partial charge in [0.25, 0.3) is 0 Å². The van der Waals surface area contributed by atoms with Crippen molar-refractivity contribution in [2.45, 2.75) is 46.2 Å². The number of likely N-dealkylation sites (N-methyl/N-ethyl adjacent to an activating group) is 1. The summed E-state index contributed by atoms with van der Waals surface area (Å²) in [7, 11) is 2.15. The molecule has 0 aromatic heterocycles. The third kappa shape index (κ3) is 3.44. The lowest BCUT2D eigenvalue weighted by molar-refractivity contribution is 0.0304. The van der Waals surface area contributed by atoms with Gasteiger partial charge in [0.05, 0.1) is 6.61 Å². The Balaban J connectivity index is 2.93. The molecule has 0 radical (unpaired) electrons. The van der Waals surface area contributed by atoms with Crippen LogP contribution < -0.4 is 0 Å². The lowest BCUT2D eigenvalue weighted by Gasteiger charge is -2.42. The molecule has 1 saturated heterocycles. The van der Waals surface area contributed by atoms with Crippen LogP contribution in [0.3, 0.4) is 0 Å². The fourth-order valence-corrected chi connectivity index (χ4v) is 2.84. The van der Waals surface area contributed by atoms with Gasteiger partial charge in [-0.15, -0.1) is 0 Å². The summed E-state index contributed by atoms with van der Waals surface area (Å²) in [6.07, 6.45) is 0. The van der Waals surface area contributed by atoms with Crippen LogP contribution in [0, 0.1) is 5.41 Å². The smallest absolute Gasteiger partial charge is 0.0599 e. The molecule has 1 atom stereocenters. The van der Waals surface area contributed by atoms with Gasteiger partial charge in [-0.05, 0) is 33.2 Å². The third-order valence-electron chi connectivity index (χ3n) is 3.33. The number of hydrogen-bond acceptors (Lipinski definition) is 3. The topological polar surface area (TPSA) is 26.7 Å². The number of nitrogens with zero attached hydrogens (tertiary/aromatic N) is 2. The summed E-state index contributed by atoms with van der Waals surface area (Å²) in [6, 6.07) is 0.256. The molecule has 0 spiro atoms. The maximum Gasteiger partial charge on any atom is 0.0599 e. The molecule has 1 fully saturated rings. The van der Waals surface area contributed by atoms with E-state index in [0.717, 1.165) is 19.6 Å². The Morgan fingerprint density at radius 2 is 1.81 bits per heavy atom. The lowest BCUT2D eigenvalue weighted by atomic mass is 9.90. The predicted molar refractivity (Wildman–Crippen MR) is 68.6 cm³/mol. The second-order valence-electron chi connectivity index (χ2n) is 7.00. The highest BCUT2D eigenvalue weighted by molar-refractivity contribution is 4.92. The molecule has 1 heterocycles. The van der Waals surface area contributed by atoms with Crippen LogP contribution in [0.25, 0.3) is 0 Å². The van der Waals surface area contributed by atoms with Gasteiger partial charge < -0.3 is 10.0 Å². The van der Waals surface area contributed by atoms with E-state index in [1.54, 1.807) is 0 Å². The largest absolute Gasteiger partial charge is 0.395 e. The summed E-state index contributed by atoms with van der Waals surface area (Å²) in [6.45, 7) is 14.7. The van der Waals surface area contributed by atoms with Gasteiger partial charge in [0.15, 0.2) is 0 Å². The van der Waals surface area contributed by atoms with Crippen LogP contribution in [-0.2, 0) is 0 Å². The molecular formula is C13H28N2O. The Labute approximate surface area is 100 Å². The van der Waals surface area contributed by atoms with Crippen molar-refractivity contribution in [1.29, 1.82) is 0 Å². The minimum absolute atomic E-state index is 0.121. The van der Waals surface area contributed by atoms with E-state index in [1.807, 2.05) is 0 Å². The first-order valence-corrected chi connectivity index (χ1v) is 6.22. The number of aliphatic hydroxyl groups is 1. The normalized spacial score (nSPS) is 29.1. The highest BCUT2D eigenvalue weighted by Crippen LogP contribution is 2.28. The van der Waals surface area contributed by atoms with Gasteiger partial charge in [-0.2, -0.15) is 0 Å². The maximum atomic E-state index is 9.57. The summed E-state index contributed by atoms with van der Waals surface area (Å²) in [5.74, 6) is 0. The van der Waals surface area contributed by atoms with Crippen molar-refractivity contribution in [3.05, 3.63) is 0 Å². The van der Waals surface area contributed by atoms with Crippen LogP contribution in [0.5, 0.6) is 0 Å². The molecule has 0 amide bonds. The van der Waals surface area contributed by atoms with E-state index in [4.69, 9.17) is 0 Å². The molecule has 0 aliphatic carbocycles. The van der Waals surface area contributed by atoms with Gasteiger partial charge in [0, 0.05) is 31.2 Å². The first kappa shape index (κ1) is 13.9. The minimum atomic E-state index is 0.121. The molecular weight excluding hydrogens is 200 g/mol. The van der Waals surface area contributed by atoms with Gasteiger partial charge in [-0.3, -0.25) is 4.90 Å². The summed E-state index contributed by atoms with van der Waals surface area (Å²) < 4.78 is 0. The van der Waals surface area contributed by atoms with Crippen molar-refractivity contribution in [2.75, 3.05) is 33.3 Å². The van der Waals surface area contributed by atoms with E-state index in [2.05, 4.69) is 51.5 Å². The average molecular weight is 228 g/mol. The number of hydrogen-bond donors (Lipinski definition) is 1. The molecule has 0 aromatic carbocycles. The quantitative estimate of drug-likeness (QED) is 0.735. The fraction of sp³-hybridized carbons (Fsp3) is 1.00. The van der Waals surface area contributed by atoms with Crippen LogP contribution in [0.2, 0.25) is 0 Å². The molecule has 0 saturated carbocycles. The monoisotopic (exact) mass is 228 g/mol. The van der Waals surface area contributed by atoms with E-state index in [9.17, 15) is 5.11 Å². The average Bonchev–Trinajstić information content (AvgIpc) is 2.19. The predicted octanol–water partition coefficient (Wildman–Crippen LogP) is 1.42. The van der Waals surface area contributed by atoms with Crippen molar-refractivity contribution in [3.8, 4) is 0 Å². The van der Waals surface area contributed by atoms with Crippen LogP contribution in [-0.4, -0.2) is 59.8 Å². The third-order valence-corrected chi connectivity index (χ3v) is 3.33. The van der Waals surface area contributed by atoms with Gasteiger partial charge >= 0.3 is 0 Å². The van der Waals surface area contributed by atoms with Crippen LogP contribution in [0.1, 0.15) is 34.6 Å². The van der Waals surface area contributed by atoms with Gasteiger partial charge in [0.1, 0.15) is 0 Å². The number of aliphatic hydroxyl groups excluding tert-OH is 1. The van der Waals surface area contributed by atoms with Crippen LogP contribution in [0.4, 0.5) is 0 Å². The number of rotatable bonds is 1. The van der Waals surface area contributed by atoms with Crippen molar-refractivity contribution < 1.29 is 5.11 Å². The first-order chi connectivity index (χ1) is 7.15. The Kier molecular flexibility index (Phi) is 4.04. The fourth-order valence-electron chi connectivity index (χ4n) is 2.84. The Morgan fingerprint density at radius 3 is 2.25 bits per heavy atom. The lowest BCUT2D eigenvalue weighted by Crippen LogP contribution is -2.53. The zero-order valence-corrected chi connectivity index (χ0v) is 11.7. The second-order valence-corrected chi connectivity index (χ2v) is 7.00. The van der Waals surface area contributed by atoms with E-state index in [1.165, 1.54) is 0 Å². The maximum absolute atomic E-state index is 9.57. The molecule has 1 unspecified atom stereocenters. The van der Waals surface area contributed by atoms with Gasteiger partial charge in [0.2, 0.25) is 0 Å². The molecule has 1 aliphatic heterocycles. The van der Waals surface area contributed by atoms with Gasteiger partial charge in [-0.25, -0.2) is 0 Å². The highest BCUT2D eigenvalue weighted by Gasteiger charge is 2.37. The molecule has 3 heteroatoms. The molecule has 1 aliphatic rings. The highest BCUT2D eigenvalue weighted by atomic mass is 16.3. The SMILES string of the molecule is CN1CC(CO)N(C(C)(C)C)CC(C)(C)C1. The summed E-state index contributed by atoms with van der Waals surface area (Å²) in [5.41, 5.74) is 0.405. The summed E-state index contributed by atoms with van der Waals surface area (Å²) in [4.78, 5) is 4.79. The van der Waals surface area contributed by atoms with Gasteiger partial charge in [-0.1, -0.05) is 13.8 Å².